The molecule has 0 aliphatic heterocycles. The first-order valence-electron chi connectivity index (χ1n) is 7.13. The van der Waals surface area contributed by atoms with E-state index in [4.69, 9.17) is 4.74 Å². The van der Waals surface area contributed by atoms with E-state index in [9.17, 15) is 0 Å². The lowest BCUT2D eigenvalue weighted by molar-refractivity contribution is 0.303. The van der Waals surface area contributed by atoms with E-state index in [0.29, 0.717) is 12.0 Å². The van der Waals surface area contributed by atoms with E-state index in [1.165, 1.54) is 12.0 Å². The molecule has 0 amide bonds. The summed E-state index contributed by atoms with van der Waals surface area (Å²) >= 11 is 3.52. The summed E-state index contributed by atoms with van der Waals surface area (Å²) in [5, 5.41) is 3.66. The van der Waals surface area contributed by atoms with Gasteiger partial charge < -0.3 is 15.0 Å². The van der Waals surface area contributed by atoms with Gasteiger partial charge >= 0.3 is 0 Å². The Bertz CT molecular complexity index is 397. The SMILES string of the molecule is COc1ccc(Br)cc1CNC(CC(C)C)CN(C)C. The van der Waals surface area contributed by atoms with Crippen LogP contribution in [0.5, 0.6) is 5.75 Å². The van der Waals surface area contributed by atoms with Crippen molar-refractivity contribution in [3.63, 3.8) is 0 Å². The van der Waals surface area contributed by atoms with E-state index in [1.807, 2.05) is 12.1 Å². The van der Waals surface area contributed by atoms with Crippen LogP contribution in [0, 0.1) is 5.92 Å². The summed E-state index contributed by atoms with van der Waals surface area (Å²) in [7, 11) is 5.96. The molecule has 4 heteroatoms. The van der Waals surface area contributed by atoms with Gasteiger partial charge in [0.25, 0.3) is 0 Å². The summed E-state index contributed by atoms with van der Waals surface area (Å²) in [6.45, 7) is 6.41. The Morgan fingerprint density at radius 3 is 2.55 bits per heavy atom. The topological polar surface area (TPSA) is 24.5 Å². The van der Waals surface area contributed by atoms with Gasteiger partial charge in [-0.2, -0.15) is 0 Å². The van der Waals surface area contributed by atoms with Crippen LogP contribution in [0.15, 0.2) is 22.7 Å². The maximum absolute atomic E-state index is 5.42. The number of hydrogen-bond donors (Lipinski definition) is 1. The Balaban J connectivity index is 2.68. The maximum atomic E-state index is 5.42. The number of ether oxygens (including phenoxy) is 1. The second-order valence-electron chi connectivity index (χ2n) is 5.93. The molecule has 0 saturated heterocycles. The van der Waals surface area contributed by atoms with Gasteiger partial charge in [-0.25, -0.2) is 0 Å². The zero-order valence-corrected chi connectivity index (χ0v) is 14.8. The van der Waals surface area contributed by atoms with Crippen molar-refractivity contribution in [1.82, 2.24) is 10.2 Å². The van der Waals surface area contributed by atoms with E-state index in [1.54, 1.807) is 7.11 Å². The fraction of sp³-hybridized carbons (Fsp3) is 0.625. The van der Waals surface area contributed by atoms with Crippen molar-refractivity contribution in [2.24, 2.45) is 5.92 Å². The molecule has 0 fully saturated rings. The highest BCUT2D eigenvalue weighted by Crippen LogP contribution is 2.23. The molecule has 0 aliphatic carbocycles. The van der Waals surface area contributed by atoms with Crippen LogP contribution < -0.4 is 10.1 Å². The Morgan fingerprint density at radius 1 is 1.30 bits per heavy atom. The largest absolute Gasteiger partial charge is 0.496 e. The second-order valence-corrected chi connectivity index (χ2v) is 6.84. The van der Waals surface area contributed by atoms with Crippen molar-refractivity contribution in [3.05, 3.63) is 28.2 Å². The lowest BCUT2D eigenvalue weighted by Gasteiger charge is -2.24. The lowest BCUT2D eigenvalue weighted by atomic mass is 10.0. The number of nitrogens with zero attached hydrogens (tertiary/aromatic N) is 1. The molecule has 1 atom stereocenters. The quantitative estimate of drug-likeness (QED) is 0.782. The molecule has 0 saturated carbocycles. The monoisotopic (exact) mass is 342 g/mol. The van der Waals surface area contributed by atoms with Gasteiger partial charge in [0.05, 0.1) is 7.11 Å². The minimum atomic E-state index is 0.494. The number of rotatable bonds is 8. The summed E-state index contributed by atoms with van der Waals surface area (Å²) in [4.78, 5) is 2.23. The normalized spacial score (nSPS) is 13.0. The molecule has 0 heterocycles. The van der Waals surface area contributed by atoms with Crippen LogP contribution in [0.4, 0.5) is 0 Å². The van der Waals surface area contributed by atoms with Crippen molar-refractivity contribution in [1.29, 1.82) is 0 Å². The second kappa shape index (κ2) is 8.65. The Hall–Kier alpha value is -0.580. The fourth-order valence-corrected chi connectivity index (χ4v) is 2.78. The molecule has 0 aromatic heterocycles. The minimum absolute atomic E-state index is 0.494. The third kappa shape index (κ3) is 6.25. The summed E-state index contributed by atoms with van der Waals surface area (Å²) in [6.07, 6.45) is 1.18. The average Bonchev–Trinajstić information content (AvgIpc) is 2.34. The van der Waals surface area contributed by atoms with Gasteiger partial charge in [0, 0.05) is 29.2 Å². The zero-order valence-electron chi connectivity index (χ0n) is 13.2. The highest BCUT2D eigenvalue weighted by atomic mass is 79.9. The molecule has 0 spiro atoms. The molecule has 0 aliphatic rings. The van der Waals surface area contributed by atoms with Gasteiger partial charge in [-0.15, -0.1) is 0 Å². The third-order valence-corrected chi connectivity index (χ3v) is 3.66. The van der Waals surface area contributed by atoms with E-state index >= 15 is 0 Å². The number of hydrogen-bond acceptors (Lipinski definition) is 3. The molecular weight excluding hydrogens is 316 g/mol. The van der Waals surface area contributed by atoms with Crippen LogP contribution in [-0.4, -0.2) is 38.7 Å². The molecular formula is C16H27BrN2O. The number of methoxy groups -OCH3 is 1. The average molecular weight is 343 g/mol. The smallest absolute Gasteiger partial charge is 0.123 e. The van der Waals surface area contributed by atoms with E-state index in [0.717, 1.165) is 23.3 Å². The predicted molar refractivity (Wildman–Crippen MR) is 89.3 cm³/mol. The number of nitrogens with one attached hydrogen (secondary N) is 1. The predicted octanol–water partition coefficient (Wildman–Crippen LogP) is 3.52. The van der Waals surface area contributed by atoms with Gasteiger partial charge in [-0.05, 0) is 44.6 Å². The number of benzene rings is 1. The molecule has 1 N–H and O–H groups in total. The molecule has 3 nitrogen and oxygen atoms in total. The molecule has 1 aromatic rings. The van der Waals surface area contributed by atoms with Crippen LogP contribution in [-0.2, 0) is 6.54 Å². The fourth-order valence-electron chi connectivity index (χ4n) is 2.37. The van der Waals surface area contributed by atoms with E-state index < -0.39 is 0 Å². The standard InChI is InChI=1S/C16H27BrN2O/c1-12(2)8-15(11-19(3)4)18-10-13-9-14(17)6-7-16(13)20-5/h6-7,9,12,15,18H,8,10-11H2,1-5H3. The lowest BCUT2D eigenvalue weighted by Crippen LogP contribution is -2.38. The Morgan fingerprint density at radius 2 is 2.00 bits per heavy atom. The van der Waals surface area contributed by atoms with Crippen LogP contribution in [0.3, 0.4) is 0 Å². The van der Waals surface area contributed by atoms with Crippen LogP contribution in [0.25, 0.3) is 0 Å². The summed E-state index contributed by atoms with van der Waals surface area (Å²) in [5.41, 5.74) is 1.19. The van der Waals surface area contributed by atoms with Crippen molar-refractivity contribution >= 4 is 15.9 Å². The van der Waals surface area contributed by atoms with Crippen molar-refractivity contribution in [2.45, 2.75) is 32.9 Å². The van der Waals surface area contributed by atoms with Gasteiger partial charge in [0.15, 0.2) is 0 Å². The molecule has 1 rings (SSSR count). The highest BCUT2D eigenvalue weighted by molar-refractivity contribution is 9.10. The highest BCUT2D eigenvalue weighted by Gasteiger charge is 2.13. The van der Waals surface area contributed by atoms with E-state index in [-0.39, 0.29) is 0 Å². The van der Waals surface area contributed by atoms with Crippen molar-refractivity contribution in [3.8, 4) is 5.75 Å². The number of halogens is 1. The molecule has 114 valence electrons. The Kier molecular flexibility index (Phi) is 7.56. The third-order valence-electron chi connectivity index (χ3n) is 3.17. The molecule has 20 heavy (non-hydrogen) atoms. The molecule has 0 bridgehead atoms. The van der Waals surface area contributed by atoms with Gasteiger partial charge in [0.2, 0.25) is 0 Å². The van der Waals surface area contributed by atoms with Crippen LogP contribution in [0.2, 0.25) is 0 Å². The van der Waals surface area contributed by atoms with Gasteiger partial charge in [-0.1, -0.05) is 29.8 Å². The van der Waals surface area contributed by atoms with Gasteiger partial charge in [0.1, 0.15) is 5.75 Å². The van der Waals surface area contributed by atoms with E-state index in [2.05, 4.69) is 60.2 Å². The first kappa shape index (κ1) is 17.5. The molecule has 0 radical (unpaired) electrons. The first-order chi connectivity index (χ1) is 9.42. The molecule has 1 unspecified atom stereocenters. The Labute approximate surface area is 131 Å². The maximum Gasteiger partial charge on any atom is 0.123 e. The van der Waals surface area contributed by atoms with Crippen LogP contribution in [0.1, 0.15) is 25.8 Å². The van der Waals surface area contributed by atoms with Gasteiger partial charge in [-0.3, -0.25) is 0 Å². The summed E-state index contributed by atoms with van der Waals surface area (Å²) in [6, 6.07) is 6.63. The van der Waals surface area contributed by atoms with Crippen molar-refractivity contribution in [2.75, 3.05) is 27.7 Å². The summed E-state index contributed by atoms with van der Waals surface area (Å²) < 4.78 is 6.51. The van der Waals surface area contributed by atoms with Crippen LogP contribution >= 0.6 is 15.9 Å². The first-order valence-corrected chi connectivity index (χ1v) is 7.92. The zero-order chi connectivity index (χ0) is 15.1. The number of likely N-dealkylation sites (N-methyl/N-ethyl adjacent to an activating group) is 1. The van der Waals surface area contributed by atoms with Crippen molar-refractivity contribution < 1.29 is 4.74 Å². The summed E-state index contributed by atoms with van der Waals surface area (Å²) in [5.74, 6) is 1.63. The minimum Gasteiger partial charge on any atom is -0.496 e. The molecule has 1 aromatic carbocycles.